The molecule has 1 fully saturated rings. The van der Waals surface area contributed by atoms with Crippen molar-refractivity contribution in [3.05, 3.63) is 0 Å². The summed E-state index contributed by atoms with van der Waals surface area (Å²) in [6.07, 6.45) is 8.19. The summed E-state index contributed by atoms with van der Waals surface area (Å²) in [5, 5.41) is 3.57. The van der Waals surface area contributed by atoms with E-state index in [-0.39, 0.29) is 0 Å². The SMILES string of the molecule is CCCCCN(C)CC1CC(C(C)(C)C)CCC1NC. The van der Waals surface area contributed by atoms with Gasteiger partial charge in [0.1, 0.15) is 0 Å². The van der Waals surface area contributed by atoms with Gasteiger partial charge in [-0.2, -0.15) is 0 Å². The van der Waals surface area contributed by atoms with Crippen molar-refractivity contribution >= 4 is 0 Å². The zero-order valence-electron chi connectivity index (χ0n) is 14.8. The first-order valence-electron chi connectivity index (χ1n) is 8.74. The molecule has 0 aromatic heterocycles. The van der Waals surface area contributed by atoms with E-state index in [0.29, 0.717) is 5.41 Å². The highest BCUT2D eigenvalue weighted by Gasteiger charge is 2.35. The molecular weight excluding hydrogens is 244 g/mol. The molecule has 0 aliphatic heterocycles. The summed E-state index contributed by atoms with van der Waals surface area (Å²) < 4.78 is 0. The van der Waals surface area contributed by atoms with Crippen molar-refractivity contribution in [1.82, 2.24) is 10.2 Å². The third-order valence-electron chi connectivity index (χ3n) is 5.27. The first-order chi connectivity index (χ1) is 9.38. The summed E-state index contributed by atoms with van der Waals surface area (Å²) >= 11 is 0. The zero-order valence-corrected chi connectivity index (χ0v) is 14.8. The quantitative estimate of drug-likeness (QED) is 0.705. The minimum Gasteiger partial charge on any atom is -0.317 e. The Labute approximate surface area is 127 Å². The van der Waals surface area contributed by atoms with Crippen molar-refractivity contribution in [1.29, 1.82) is 0 Å². The number of hydrogen-bond donors (Lipinski definition) is 1. The lowest BCUT2D eigenvalue weighted by molar-refractivity contribution is 0.0957. The fourth-order valence-corrected chi connectivity index (χ4v) is 3.76. The molecule has 1 rings (SSSR count). The third-order valence-corrected chi connectivity index (χ3v) is 5.27. The molecule has 120 valence electrons. The van der Waals surface area contributed by atoms with Crippen molar-refractivity contribution in [2.45, 2.75) is 72.3 Å². The molecular formula is C18H38N2. The number of unbranched alkanes of at least 4 members (excludes halogenated alkanes) is 2. The molecule has 1 saturated carbocycles. The average Bonchev–Trinajstić information content (AvgIpc) is 2.38. The molecule has 0 heterocycles. The highest BCUT2D eigenvalue weighted by molar-refractivity contribution is 4.89. The summed E-state index contributed by atoms with van der Waals surface area (Å²) in [6.45, 7) is 12.1. The van der Waals surface area contributed by atoms with E-state index < -0.39 is 0 Å². The van der Waals surface area contributed by atoms with Crippen LogP contribution in [0.2, 0.25) is 0 Å². The largest absolute Gasteiger partial charge is 0.317 e. The summed E-state index contributed by atoms with van der Waals surface area (Å²) in [5.74, 6) is 1.71. The minimum atomic E-state index is 0.470. The minimum absolute atomic E-state index is 0.470. The van der Waals surface area contributed by atoms with Gasteiger partial charge in [-0.05, 0) is 63.6 Å². The van der Waals surface area contributed by atoms with Crippen LogP contribution in [0.4, 0.5) is 0 Å². The van der Waals surface area contributed by atoms with Crippen LogP contribution in [-0.2, 0) is 0 Å². The molecule has 0 aromatic carbocycles. The van der Waals surface area contributed by atoms with Crippen LogP contribution in [0.15, 0.2) is 0 Å². The van der Waals surface area contributed by atoms with Gasteiger partial charge < -0.3 is 10.2 Å². The van der Waals surface area contributed by atoms with E-state index in [2.05, 4.69) is 52.0 Å². The second-order valence-electron chi connectivity index (χ2n) is 8.00. The Bertz CT molecular complexity index is 257. The van der Waals surface area contributed by atoms with Crippen molar-refractivity contribution in [3.8, 4) is 0 Å². The molecule has 3 unspecified atom stereocenters. The van der Waals surface area contributed by atoms with Crippen LogP contribution in [0, 0.1) is 17.3 Å². The second-order valence-corrected chi connectivity index (χ2v) is 8.00. The lowest BCUT2D eigenvalue weighted by atomic mass is 9.67. The highest BCUT2D eigenvalue weighted by Crippen LogP contribution is 2.40. The summed E-state index contributed by atoms with van der Waals surface area (Å²) in [4.78, 5) is 2.57. The predicted molar refractivity (Wildman–Crippen MR) is 90.2 cm³/mol. The van der Waals surface area contributed by atoms with Crippen LogP contribution < -0.4 is 5.32 Å². The molecule has 0 amide bonds. The Morgan fingerprint density at radius 3 is 2.40 bits per heavy atom. The van der Waals surface area contributed by atoms with Gasteiger partial charge in [0.2, 0.25) is 0 Å². The van der Waals surface area contributed by atoms with E-state index in [1.165, 1.54) is 51.6 Å². The van der Waals surface area contributed by atoms with Crippen molar-refractivity contribution in [2.24, 2.45) is 17.3 Å². The lowest BCUT2D eigenvalue weighted by Gasteiger charge is -2.43. The van der Waals surface area contributed by atoms with Crippen LogP contribution in [0.1, 0.15) is 66.2 Å². The van der Waals surface area contributed by atoms with Crippen molar-refractivity contribution in [3.63, 3.8) is 0 Å². The highest BCUT2D eigenvalue weighted by atomic mass is 15.1. The molecule has 3 atom stereocenters. The number of rotatable bonds is 7. The predicted octanol–water partition coefficient (Wildman–Crippen LogP) is 4.16. The molecule has 0 aromatic rings. The van der Waals surface area contributed by atoms with Gasteiger partial charge in [0.25, 0.3) is 0 Å². The van der Waals surface area contributed by atoms with Gasteiger partial charge in [-0.25, -0.2) is 0 Å². The number of nitrogens with one attached hydrogen (secondary N) is 1. The van der Waals surface area contributed by atoms with Crippen LogP contribution in [-0.4, -0.2) is 38.1 Å². The third kappa shape index (κ3) is 5.73. The standard InChI is InChI=1S/C18H38N2/c1-7-8-9-12-20(6)14-15-13-16(18(2,3)4)10-11-17(15)19-5/h15-17,19H,7-14H2,1-6H3. The van der Waals surface area contributed by atoms with Gasteiger partial charge in [0, 0.05) is 12.6 Å². The maximum absolute atomic E-state index is 3.57. The van der Waals surface area contributed by atoms with Crippen LogP contribution in [0.3, 0.4) is 0 Å². The zero-order chi connectivity index (χ0) is 15.2. The molecule has 1 N–H and O–H groups in total. The van der Waals surface area contributed by atoms with Gasteiger partial charge >= 0.3 is 0 Å². The molecule has 2 nitrogen and oxygen atoms in total. The fourth-order valence-electron chi connectivity index (χ4n) is 3.76. The van der Waals surface area contributed by atoms with Crippen LogP contribution in [0.5, 0.6) is 0 Å². The Kier molecular flexibility index (Phi) is 7.53. The number of nitrogens with zero attached hydrogens (tertiary/aromatic N) is 1. The Morgan fingerprint density at radius 2 is 1.85 bits per heavy atom. The van der Waals surface area contributed by atoms with Crippen LogP contribution in [0.25, 0.3) is 0 Å². The van der Waals surface area contributed by atoms with Crippen molar-refractivity contribution in [2.75, 3.05) is 27.2 Å². The molecule has 0 radical (unpaired) electrons. The summed E-state index contributed by atoms with van der Waals surface area (Å²) in [7, 11) is 4.45. The molecule has 20 heavy (non-hydrogen) atoms. The number of hydrogen-bond acceptors (Lipinski definition) is 2. The van der Waals surface area contributed by atoms with E-state index in [1.807, 2.05) is 0 Å². The van der Waals surface area contributed by atoms with Gasteiger partial charge in [0.05, 0.1) is 0 Å². The molecule has 0 spiro atoms. The normalized spacial score (nSPS) is 28.1. The second kappa shape index (κ2) is 8.38. The summed E-state index contributed by atoms with van der Waals surface area (Å²) in [6, 6.07) is 0.724. The molecule has 1 aliphatic rings. The van der Waals surface area contributed by atoms with E-state index in [0.717, 1.165) is 17.9 Å². The van der Waals surface area contributed by atoms with E-state index >= 15 is 0 Å². The van der Waals surface area contributed by atoms with E-state index in [1.54, 1.807) is 0 Å². The average molecular weight is 283 g/mol. The van der Waals surface area contributed by atoms with Gasteiger partial charge in [-0.3, -0.25) is 0 Å². The Morgan fingerprint density at radius 1 is 1.15 bits per heavy atom. The van der Waals surface area contributed by atoms with E-state index in [9.17, 15) is 0 Å². The smallest absolute Gasteiger partial charge is 0.0105 e. The van der Waals surface area contributed by atoms with E-state index in [4.69, 9.17) is 0 Å². The maximum Gasteiger partial charge on any atom is 0.0105 e. The Hall–Kier alpha value is -0.0800. The Balaban J connectivity index is 2.49. The molecule has 0 bridgehead atoms. The first kappa shape index (κ1) is 18.0. The maximum atomic E-state index is 3.57. The first-order valence-corrected chi connectivity index (χ1v) is 8.74. The lowest BCUT2D eigenvalue weighted by Crippen LogP contribution is -2.45. The van der Waals surface area contributed by atoms with Crippen LogP contribution >= 0.6 is 0 Å². The molecule has 1 aliphatic carbocycles. The summed E-state index contributed by atoms with van der Waals surface area (Å²) in [5.41, 5.74) is 0.470. The molecule has 2 heteroatoms. The monoisotopic (exact) mass is 282 g/mol. The topological polar surface area (TPSA) is 15.3 Å². The fraction of sp³-hybridized carbons (Fsp3) is 1.00. The van der Waals surface area contributed by atoms with Gasteiger partial charge in [-0.15, -0.1) is 0 Å². The van der Waals surface area contributed by atoms with Gasteiger partial charge in [0.15, 0.2) is 0 Å². The van der Waals surface area contributed by atoms with Crippen molar-refractivity contribution < 1.29 is 0 Å². The van der Waals surface area contributed by atoms with Gasteiger partial charge in [-0.1, -0.05) is 40.5 Å². The molecule has 0 saturated heterocycles.